The third-order valence-electron chi connectivity index (χ3n) is 5.24. The number of sulfonamides is 1. The van der Waals surface area contributed by atoms with Gasteiger partial charge in [0.05, 0.1) is 21.2 Å². The van der Waals surface area contributed by atoms with Crippen molar-refractivity contribution in [2.45, 2.75) is 25.7 Å². The number of benzene rings is 3. The molecule has 0 unspecified atom stereocenters. The molecule has 11 heteroatoms. The van der Waals surface area contributed by atoms with E-state index in [0.29, 0.717) is 22.9 Å². The lowest BCUT2D eigenvalue weighted by molar-refractivity contribution is -0.384. The second kappa shape index (κ2) is 9.02. The summed E-state index contributed by atoms with van der Waals surface area (Å²) < 4.78 is 38.9. The number of fused-ring (bicyclic) bond motifs is 1. The highest BCUT2D eigenvalue weighted by atomic mass is 32.2. The molecule has 0 spiro atoms. The number of hydrazone groups is 1. The van der Waals surface area contributed by atoms with E-state index in [1.807, 2.05) is 13.0 Å². The van der Waals surface area contributed by atoms with Gasteiger partial charge in [-0.25, -0.2) is 8.42 Å². The fourth-order valence-corrected chi connectivity index (χ4v) is 4.54. The van der Waals surface area contributed by atoms with Crippen molar-refractivity contribution in [3.63, 3.8) is 0 Å². The number of nitro benzene ring substituents is 1. The first-order valence-electron chi connectivity index (χ1n) is 10.2. The summed E-state index contributed by atoms with van der Waals surface area (Å²) in [6, 6.07) is 14.2. The SMILES string of the molecule is CC(=NNc1ccc(S(=O)(=O)Nc2ccc(C)cc2C)cc1[N+](=O)[O-])c1ccc2c(c1)OCO2. The molecule has 3 aromatic rings. The molecule has 10 nitrogen and oxygen atoms in total. The summed E-state index contributed by atoms with van der Waals surface area (Å²) in [4.78, 5) is 10.8. The monoisotopic (exact) mass is 482 g/mol. The van der Waals surface area contributed by atoms with Crippen molar-refractivity contribution >= 4 is 32.8 Å². The average molecular weight is 483 g/mol. The van der Waals surface area contributed by atoms with Gasteiger partial charge < -0.3 is 9.47 Å². The first-order chi connectivity index (χ1) is 16.1. The Labute approximate surface area is 196 Å². The van der Waals surface area contributed by atoms with Crippen molar-refractivity contribution < 1.29 is 22.8 Å². The number of ether oxygens (including phenoxy) is 2. The molecular formula is C23H22N4O6S. The van der Waals surface area contributed by atoms with Crippen LogP contribution >= 0.6 is 0 Å². The highest BCUT2D eigenvalue weighted by Crippen LogP contribution is 2.33. The molecule has 3 aromatic carbocycles. The maximum Gasteiger partial charge on any atom is 0.295 e. The Morgan fingerprint density at radius 2 is 1.74 bits per heavy atom. The Morgan fingerprint density at radius 1 is 1.00 bits per heavy atom. The van der Waals surface area contributed by atoms with Gasteiger partial charge in [0.25, 0.3) is 15.7 Å². The summed E-state index contributed by atoms with van der Waals surface area (Å²) in [7, 11) is -4.05. The van der Waals surface area contributed by atoms with Gasteiger partial charge in [-0.3, -0.25) is 20.3 Å². The minimum atomic E-state index is -4.05. The number of anilines is 2. The summed E-state index contributed by atoms with van der Waals surface area (Å²) in [6.07, 6.45) is 0. The van der Waals surface area contributed by atoms with E-state index < -0.39 is 20.6 Å². The van der Waals surface area contributed by atoms with Crippen LogP contribution in [-0.2, 0) is 10.0 Å². The average Bonchev–Trinajstić information content (AvgIpc) is 3.27. The first-order valence-corrected chi connectivity index (χ1v) is 11.7. The van der Waals surface area contributed by atoms with Crippen molar-refractivity contribution in [1.82, 2.24) is 0 Å². The van der Waals surface area contributed by atoms with Crippen molar-refractivity contribution in [3.8, 4) is 11.5 Å². The van der Waals surface area contributed by atoms with Gasteiger partial charge in [-0.15, -0.1) is 0 Å². The molecule has 1 aliphatic rings. The van der Waals surface area contributed by atoms with Gasteiger partial charge in [-0.05, 0) is 62.7 Å². The van der Waals surface area contributed by atoms with Crippen LogP contribution in [0.3, 0.4) is 0 Å². The molecule has 0 bridgehead atoms. The maximum atomic E-state index is 12.9. The molecule has 0 radical (unpaired) electrons. The number of aryl methyl sites for hydroxylation is 2. The molecule has 0 fully saturated rings. The number of nitro groups is 1. The van der Waals surface area contributed by atoms with E-state index in [4.69, 9.17) is 9.47 Å². The molecule has 4 rings (SSSR count). The van der Waals surface area contributed by atoms with Gasteiger partial charge in [0, 0.05) is 11.6 Å². The zero-order valence-corrected chi connectivity index (χ0v) is 19.5. The van der Waals surface area contributed by atoms with Crippen LogP contribution in [0.1, 0.15) is 23.6 Å². The normalized spacial score (nSPS) is 13.0. The van der Waals surface area contributed by atoms with Crippen LogP contribution in [0.15, 0.2) is 64.6 Å². The van der Waals surface area contributed by atoms with Crippen LogP contribution in [0.5, 0.6) is 11.5 Å². The van der Waals surface area contributed by atoms with Gasteiger partial charge in [0.2, 0.25) is 6.79 Å². The number of nitrogens with one attached hydrogen (secondary N) is 2. The molecule has 0 saturated carbocycles. The van der Waals surface area contributed by atoms with Crippen LogP contribution in [0.2, 0.25) is 0 Å². The molecule has 0 saturated heterocycles. The smallest absolute Gasteiger partial charge is 0.295 e. The zero-order valence-electron chi connectivity index (χ0n) is 18.7. The third-order valence-corrected chi connectivity index (χ3v) is 6.60. The van der Waals surface area contributed by atoms with Crippen molar-refractivity contribution in [1.29, 1.82) is 0 Å². The van der Waals surface area contributed by atoms with Crippen LogP contribution in [0, 0.1) is 24.0 Å². The summed E-state index contributed by atoms with van der Waals surface area (Å²) in [5.74, 6) is 1.22. The topological polar surface area (TPSA) is 132 Å². The van der Waals surface area contributed by atoms with Gasteiger partial charge in [0.15, 0.2) is 11.5 Å². The lowest BCUT2D eigenvalue weighted by Crippen LogP contribution is -2.14. The summed E-state index contributed by atoms with van der Waals surface area (Å²) >= 11 is 0. The second-order valence-corrected chi connectivity index (χ2v) is 9.42. The van der Waals surface area contributed by atoms with E-state index in [1.165, 1.54) is 12.1 Å². The standard InChI is InChI=1S/C23H22N4O6S/c1-14-4-7-19(15(2)10-14)26-34(30,31)18-6-8-20(21(12-18)27(28)29)25-24-16(3)17-5-9-22-23(11-17)33-13-32-22/h4-12,25-26H,13H2,1-3H3. The molecular weight excluding hydrogens is 460 g/mol. The Morgan fingerprint density at radius 3 is 2.47 bits per heavy atom. The van der Waals surface area contributed by atoms with E-state index in [2.05, 4.69) is 15.2 Å². The van der Waals surface area contributed by atoms with E-state index >= 15 is 0 Å². The largest absolute Gasteiger partial charge is 0.454 e. The summed E-state index contributed by atoms with van der Waals surface area (Å²) in [5, 5.41) is 15.9. The minimum Gasteiger partial charge on any atom is -0.454 e. The molecule has 0 aromatic heterocycles. The van der Waals surface area contributed by atoms with E-state index in [0.717, 1.165) is 22.8 Å². The lowest BCUT2D eigenvalue weighted by atomic mass is 10.1. The second-order valence-electron chi connectivity index (χ2n) is 7.74. The Balaban J connectivity index is 1.59. The zero-order chi connectivity index (χ0) is 24.5. The molecule has 0 atom stereocenters. The van der Waals surface area contributed by atoms with Gasteiger partial charge in [0.1, 0.15) is 5.69 Å². The number of rotatable bonds is 7. The Hall–Kier alpha value is -4.12. The van der Waals surface area contributed by atoms with Gasteiger partial charge in [-0.2, -0.15) is 5.10 Å². The number of hydrogen-bond donors (Lipinski definition) is 2. The number of hydrogen-bond acceptors (Lipinski definition) is 8. The van der Waals surface area contributed by atoms with Crippen LogP contribution < -0.4 is 19.6 Å². The minimum absolute atomic E-state index is 0.0514. The molecule has 176 valence electrons. The van der Waals surface area contributed by atoms with E-state index in [9.17, 15) is 18.5 Å². The van der Waals surface area contributed by atoms with E-state index in [1.54, 1.807) is 44.2 Å². The lowest BCUT2D eigenvalue weighted by Gasteiger charge is -2.12. The fraction of sp³-hybridized carbons (Fsp3) is 0.174. The van der Waals surface area contributed by atoms with Crippen molar-refractivity contribution in [3.05, 3.63) is 81.4 Å². The third kappa shape index (κ3) is 4.79. The first kappa shape index (κ1) is 23.1. The summed E-state index contributed by atoms with van der Waals surface area (Å²) in [6.45, 7) is 5.55. The molecule has 1 heterocycles. The van der Waals surface area contributed by atoms with Crippen molar-refractivity contribution in [2.75, 3.05) is 16.9 Å². The molecule has 2 N–H and O–H groups in total. The molecule has 34 heavy (non-hydrogen) atoms. The molecule has 0 amide bonds. The molecule has 1 aliphatic heterocycles. The van der Waals surface area contributed by atoms with Crippen LogP contribution in [0.25, 0.3) is 0 Å². The summed E-state index contributed by atoms with van der Waals surface area (Å²) in [5.41, 5.74) is 5.70. The maximum absolute atomic E-state index is 12.9. The highest BCUT2D eigenvalue weighted by molar-refractivity contribution is 7.92. The predicted octanol–water partition coefficient (Wildman–Crippen LogP) is 4.58. The van der Waals surface area contributed by atoms with Gasteiger partial charge >= 0.3 is 0 Å². The Kier molecular flexibility index (Phi) is 6.12. The quantitative estimate of drug-likeness (QED) is 0.286. The van der Waals surface area contributed by atoms with E-state index in [-0.39, 0.29) is 17.4 Å². The molecule has 0 aliphatic carbocycles. The predicted molar refractivity (Wildman–Crippen MR) is 128 cm³/mol. The van der Waals surface area contributed by atoms with Crippen LogP contribution in [0.4, 0.5) is 17.1 Å². The van der Waals surface area contributed by atoms with Gasteiger partial charge in [-0.1, -0.05) is 17.7 Å². The fourth-order valence-electron chi connectivity index (χ4n) is 3.39. The number of nitrogens with zero attached hydrogens (tertiary/aromatic N) is 2. The van der Waals surface area contributed by atoms with Crippen molar-refractivity contribution in [2.24, 2.45) is 5.10 Å². The van der Waals surface area contributed by atoms with Crippen LogP contribution in [-0.4, -0.2) is 25.8 Å². The highest BCUT2D eigenvalue weighted by Gasteiger charge is 2.22. The Bertz CT molecular complexity index is 1420.